The van der Waals surface area contributed by atoms with Gasteiger partial charge in [-0.15, -0.1) is 11.6 Å². The van der Waals surface area contributed by atoms with Crippen LogP contribution in [0.2, 0.25) is 0 Å². The summed E-state index contributed by atoms with van der Waals surface area (Å²) >= 11 is 6.33. The second-order valence-corrected chi connectivity index (χ2v) is 5.19. The van der Waals surface area contributed by atoms with Gasteiger partial charge in [-0.05, 0) is 49.1 Å². The molecule has 0 fully saturated rings. The molecule has 1 atom stereocenters. The molecule has 0 saturated carbocycles. The van der Waals surface area contributed by atoms with Crippen LogP contribution in [-0.2, 0) is 6.42 Å². The predicted molar refractivity (Wildman–Crippen MR) is 74.6 cm³/mol. The third-order valence-corrected chi connectivity index (χ3v) is 3.82. The fraction of sp³-hybridized carbons (Fsp3) is 0.250. The lowest BCUT2D eigenvalue weighted by Crippen LogP contribution is -2.03. The summed E-state index contributed by atoms with van der Waals surface area (Å²) in [6.45, 7) is 3.96. The Morgan fingerprint density at radius 3 is 2.21 bits per heavy atom. The first-order valence-corrected chi connectivity index (χ1v) is 6.57. The van der Waals surface area contributed by atoms with Gasteiger partial charge in [0.1, 0.15) is 11.6 Å². The van der Waals surface area contributed by atoms with Crippen molar-refractivity contribution in [2.24, 2.45) is 0 Å². The lowest BCUT2D eigenvalue weighted by molar-refractivity contribution is 0.553. The Morgan fingerprint density at radius 2 is 1.58 bits per heavy atom. The molecule has 0 aliphatic rings. The molecule has 0 bridgehead atoms. The van der Waals surface area contributed by atoms with E-state index in [1.807, 2.05) is 32.0 Å². The van der Waals surface area contributed by atoms with Crippen LogP contribution in [0.4, 0.5) is 8.78 Å². The van der Waals surface area contributed by atoms with Gasteiger partial charge in [0.05, 0.1) is 5.38 Å². The van der Waals surface area contributed by atoms with Gasteiger partial charge in [0, 0.05) is 5.56 Å². The first-order chi connectivity index (χ1) is 9.00. The zero-order valence-corrected chi connectivity index (χ0v) is 11.6. The van der Waals surface area contributed by atoms with Gasteiger partial charge in [-0.3, -0.25) is 0 Å². The molecule has 0 radical (unpaired) electrons. The van der Waals surface area contributed by atoms with E-state index in [1.54, 1.807) is 0 Å². The topological polar surface area (TPSA) is 0 Å². The average Bonchev–Trinajstić information content (AvgIpc) is 2.37. The maximum atomic E-state index is 13.6. The van der Waals surface area contributed by atoms with E-state index in [0.717, 1.165) is 16.7 Å². The molecule has 0 saturated heterocycles. The molecule has 0 aliphatic carbocycles. The van der Waals surface area contributed by atoms with Crippen molar-refractivity contribution in [2.75, 3.05) is 0 Å². The molecule has 3 heteroatoms. The maximum absolute atomic E-state index is 13.6. The summed E-state index contributed by atoms with van der Waals surface area (Å²) in [6.07, 6.45) is 0.143. The Hall–Kier alpha value is -1.41. The van der Waals surface area contributed by atoms with Crippen LogP contribution in [0.25, 0.3) is 0 Å². The van der Waals surface area contributed by atoms with Crippen molar-refractivity contribution in [3.8, 4) is 0 Å². The Balaban J connectivity index is 2.31. The van der Waals surface area contributed by atoms with E-state index in [0.29, 0.717) is 0 Å². The van der Waals surface area contributed by atoms with Crippen LogP contribution < -0.4 is 0 Å². The molecule has 0 heterocycles. The van der Waals surface area contributed by atoms with Crippen molar-refractivity contribution < 1.29 is 8.78 Å². The minimum atomic E-state index is -0.545. The van der Waals surface area contributed by atoms with E-state index in [9.17, 15) is 8.78 Å². The summed E-state index contributed by atoms with van der Waals surface area (Å²) in [5.41, 5.74) is 3.16. The fourth-order valence-corrected chi connectivity index (χ4v) is 2.52. The van der Waals surface area contributed by atoms with Gasteiger partial charge < -0.3 is 0 Å². The molecule has 0 N–H and O–H groups in total. The average molecular weight is 281 g/mol. The maximum Gasteiger partial charge on any atom is 0.129 e. The van der Waals surface area contributed by atoms with Crippen LogP contribution in [0.1, 0.15) is 27.6 Å². The number of hydrogen-bond donors (Lipinski definition) is 0. The smallest absolute Gasteiger partial charge is 0.129 e. The second-order valence-electron chi connectivity index (χ2n) is 4.66. The third-order valence-electron chi connectivity index (χ3n) is 3.43. The van der Waals surface area contributed by atoms with Gasteiger partial charge in [-0.2, -0.15) is 0 Å². The molecule has 2 aromatic rings. The highest BCUT2D eigenvalue weighted by molar-refractivity contribution is 6.21. The Morgan fingerprint density at radius 1 is 1.00 bits per heavy atom. The van der Waals surface area contributed by atoms with Gasteiger partial charge in [-0.1, -0.05) is 24.3 Å². The van der Waals surface area contributed by atoms with E-state index in [2.05, 4.69) is 0 Å². The van der Waals surface area contributed by atoms with Crippen molar-refractivity contribution in [3.05, 3.63) is 70.3 Å². The fourth-order valence-electron chi connectivity index (χ4n) is 2.13. The van der Waals surface area contributed by atoms with Gasteiger partial charge >= 0.3 is 0 Å². The van der Waals surface area contributed by atoms with Crippen LogP contribution in [0.5, 0.6) is 0 Å². The van der Waals surface area contributed by atoms with E-state index in [4.69, 9.17) is 11.6 Å². The lowest BCUT2D eigenvalue weighted by Gasteiger charge is -2.15. The van der Waals surface area contributed by atoms with Gasteiger partial charge in [0.15, 0.2) is 0 Å². The first kappa shape index (κ1) is 14.0. The second kappa shape index (κ2) is 5.70. The number of benzene rings is 2. The largest absolute Gasteiger partial charge is 0.207 e. The zero-order chi connectivity index (χ0) is 14.0. The standard InChI is InChI=1S/C16H15ClF2/c1-10-5-3-6-12(11(10)2)14(17)9-13-15(18)7-4-8-16(13)19/h3-8,14H,9H2,1-2H3. The molecular formula is C16H15ClF2. The van der Waals surface area contributed by atoms with E-state index >= 15 is 0 Å². The number of halogens is 3. The van der Waals surface area contributed by atoms with Crippen molar-refractivity contribution in [1.29, 1.82) is 0 Å². The van der Waals surface area contributed by atoms with Crippen LogP contribution >= 0.6 is 11.6 Å². The SMILES string of the molecule is Cc1cccc(C(Cl)Cc2c(F)cccc2F)c1C. The molecule has 1 unspecified atom stereocenters. The molecule has 2 rings (SSSR count). The number of hydrogen-bond acceptors (Lipinski definition) is 0. The highest BCUT2D eigenvalue weighted by atomic mass is 35.5. The summed E-state index contributed by atoms with van der Waals surface area (Å²) < 4.78 is 27.2. The van der Waals surface area contributed by atoms with Crippen LogP contribution in [0, 0.1) is 25.5 Å². The molecule has 0 aliphatic heterocycles. The van der Waals surface area contributed by atoms with Crippen LogP contribution in [0.3, 0.4) is 0 Å². The Labute approximate surface area is 117 Å². The quantitative estimate of drug-likeness (QED) is 0.686. The summed E-state index contributed by atoms with van der Waals surface area (Å²) in [4.78, 5) is 0. The Bertz CT molecular complexity index is 573. The molecule has 100 valence electrons. The predicted octanol–water partition coefficient (Wildman–Crippen LogP) is 5.10. The number of rotatable bonds is 3. The van der Waals surface area contributed by atoms with E-state index < -0.39 is 17.0 Å². The molecule has 19 heavy (non-hydrogen) atoms. The zero-order valence-electron chi connectivity index (χ0n) is 10.9. The minimum Gasteiger partial charge on any atom is -0.207 e. The van der Waals surface area contributed by atoms with Crippen molar-refractivity contribution >= 4 is 11.6 Å². The number of alkyl halides is 1. The first-order valence-electron chi connectivity index (χ1n) is 6.13. The van der Waals surface area contributed by atoms with Crippen molar-refractivity contribution in [3.63, 3.8) is 0 Å². The molecule has 2 aromatic carbocycles. The molecule has 0 nitrogen and oxygen atoms in total. The highest BCUT2D eigenvalue weighted by Crippen LogP contribution is 2.30. The normalized spacial score (nSPS) is 12.5. The van der Waals surface area contributed by atoms with Gasteiger partial charge in [0.2, 0.25) is 0 Å². The summed E-state index contributed by atoms with van der Waals surface area (Å²) in [7, 11) is 0. The summed E-state index contributed by atoms with van der Waals surface area (Å²) in [5.74, 6) is -1.09. The van der Waals surface area contributed by atoms with Gasteiger partial charge in [0.25, 0.3) is 0 Å². The van der Waals surface area contributed by atoms with Crippen LogP contribution in [0.15, 0.2) is 36.4 Å². The monoisotopic (exact) mass is 280 g/mol. The van der Waals surface area contributed by atoms with E-state index in [1.165, 1.54) is 18.2 Å². The molecule has 0 amide bonds. The third kappa shape index (κ3) is 2.95. The summed E-state index contributed by atoms with van der Waals surface area (Å²) in [5, 5.41) is -0.439. The van der Waals surface area contributed by atoms with Crippen molar-refractivity contribution in [2.45, 2.75) is 25.6 Å². The summed E-state index contributed by atoms with van der Waals surface area (Å²) in [6, 6.07) is 9.67. The number of aryl methyl sites for hydroxylation is 1. The highest BCUT2D eigenvalue weighted by Gasteiger charge is 2.17. The minimum absolute atomic E-state index is 0.0448. The molecular weight excluding hydrogens is 266 g/mol. The Kier molecular flexibility index (Phi) is 4.20. The van der Waals surface area contributed by atoms with Crippen molar-refractivity contribution in [1.82, 2.24) is 0 Å². The lowest BCUT2D eigenvalue weighted by atomic mass is 9.97. The molecule has 0 aromatic heterocycles. The van der Waals surface area contributed by atoms with Crippen LogP contribution in [-0.4, -0.2) is 0 Å². The van der Waals surface area contributed by atoms with Gasteiger partial charge in [-0.25, -0.2) is 8.78 Å². The molecule has 0 spiro atoms. The van der Waals surface area contributed by atoms with E-state index in [-0.39, 0.29) is 12.0 Å².